The summed E-state index contributed by atoms with van der Waals surface area (Å²) in [6, 6.07) is 3.80. The molecule has 0 aliphatic heterocycles. The lowest BCUT2D eigenvalue weighted by atomic mass is 10.0. The normalized spacial score (nSPS) is 12.2. The highest BCUT2D eigenvalue weighted by Crippen LogP contribution is 2.15. The topological polar surface area (TPSA) is 39.2 Å². The number of ether oxygens (including phenoxy) is 1. The summed E-state index contributed by atoms with van der Waals surface area (Å²) in [6.45, 7) is 5.96. The van der Waals surface area contributed by atoms with Crippen molar-refractivity contribution in [3.8, 4) is 0 Å². The molecule has 0 aromatic carbocycles. The molecule has 0 N–H and O–H groups in total. The molecule has 76 valence electrons. The molecule has 1 rings (SSSR count). The Hall–Kier alpha value is -1.38. The molecule has 1 aromatic heterocycles. The molecule has 14 heavy (non-hydrogen) atoms. The number of esters is 1. The van der Waals surface area contributed by atoms with Gasteiger partial charge in [-0.15, -0.1) is 0 Å². The summed E-state index contributed by atoms with van der Waals surface area (Å²) in [7, 11) is 0. The van der Waals surface area contributed by atoms with E-state index in [0.29, 0.717) is 6.61 Å². The molecule has 0 radical (unpaired) electrons. The Balaban J connectivity index is 2.73. The maximum absolute atomic E-state index is 11.4. The Morgan fingerprint density at radius 1 is 1.57 bits per heavy atom. The molecule has 0 spiro atoms. The summed E-state index contributed by atoms with van der Waals surface area (Å²) in [6.07, 6.45) is 1.72. The molecule has 1 aromatic rings. The number of nitrogens with zero attached hydrogens (tertiary/aromatic N) is 1. The number of aromatic nitrogens is 1. The van der Waals surface area contributed by atoms with Crippen molar-refractivity contribution in [1.29, 1.82) is 0 Å². The summed E-state index contributed by atoms with van der Waals surface area (Å²) in [5.74, 6) is -0.429. The largest absolute Gasteiger partial charge is 0.466 e. The fourth-order valence-corrected chi connectivity index (χ4v) is 1.14. The number of aryl methyl sites for hydroxylation is 1. The lowest BCUT2D eigenvalue weighted by Crippen LogP contribution is -2.13. The van der Waals surface area contributed by atoms with Crippen LogP contribution in [-0.2, 0) is 9.53 Å². The molecule has 0 fully saturated rings. The molecule has 0 saturated heterocycles. The zero-order valence-electron chi connectivity index (χ0n) is 8.78. The van der Waals surface area contributed by atoms with E-state index in [1.807, 2.05) is 26.0 Å². The zero-order valence-corrected chi connectivity index (χ0v) is 8.78. The van der Waals surface area contributed by atoms with Crippen molar-refractivity contribution < 1.29 is 9.53 Å². The smallest absolute Gasteiger partial charge is 0.313 e. The lowest BCUT2D eigenvalue weighted by Gasteiger charge is -2.10. The van der Waals surface area contributed by atoms with Crippen molar-refractivity contribution >= 4 is 5.97 Å². The van der Waals surface area contributed by atoms with Gasteiger partial charge in [0.25, 0.3) is 0 Å². The summed E-state index contributed by atoms with van der Waals surface area (Å²) in [5, 5.41) is 0. The van der Waals surface area contributed by atoms with E-state index in [-0.39, 0.29) is 11.9 Å². The molecule has 1 unspecified atom stereocenters. The molecule has 0 amide bonds. The zero-order chi connectivity index (χ0) is 10.6. The van der Waals surface area contributed by atoms with Crippen molar-refractivity contribution in [3.63, 3.8) is 0 Å². The number of hydrogen-bond acceptors (Lipinski definition) is 3. The number of rotatable bonds is 3. The van der Waals surface area contributed by atoms with Gasteiger partial charge in [0.2, 0.25) is 0 Å². The van der Waals surface area contributed by atoms with Crippen molar-refractivity contribution in [2.24, 2.45) is 0 Å². The minimum absolute atomic E-state index is 0.196. The van der Waals surface area contributed by atoms with E-state index in [1.54, 1.807) is 13.1 Å². The van der Waals surface area contributed by atoms with Gasteiger partial charge >= 0.3 is 5.97 Å². The Kier molecular flexibility index (Phi) is 3.63. The van der Waals surface area contributed by atoms with Gasteiger partial charge in [0.15, 0.2) is 0 Å². The van der Waals surface area contributed by atoms with Gasteiger partial charge in [-0.3, -0.25) is 9.78 Å². The Morgan fingerprint density at radius 3 is 2.79 bits per heavy atom. The maximum Gasteiger partial charge on any atom is 0.313 e. The predicted octanol–water partition coefficient (Wildman–Crippen LogP) is 2.06. The second kappa shape index (κ2) is 4.74. The molecule has 0 bridgehead atoms. The maximum atomic E-state index is 11.4. The quantitative estimate of drug-likeness (QED) is 0.690. The number of hydrogen-bond donors (Lipinski definition) is 0. The third-order valence-electron chi connectivity index (χ3n) is 2.07. The van der Waals surface area contributed by atoms with E-state index in [9.17, 15) is 4.79 Å². The van der Waals surface area contributed by atoms with Gasteiger partial charge in [0, 0.05) is 11.9 Å². The number of carbonyl (C=O) groups is 1. The molecule has 1 heterocycles. The molecule has 0 aliphatic carbocycles. The summed E-state index contributed by atoms with van der Waals surface area (Å²) >= 11 is 0. The van der Waals surface area contributed by atoms with Gasteiger partial charge in [-0.25, -0.2) is 0 Å². The molecule has 0 saturated carbocycles. The fraction of sp³-hybridized carbons (Fsp3) is 0.455. The molecular weight excluding hydrogens is 178 g/mol. The van der Waals surface area contributed by atoms with Crippen LogP contribution in [0.1, 0.15) is 31.0 Å². The second-order valence-electron chi connectivity index (χ2n) is 3.21. The third kappa shape index (κ3) is 2.55. The van der Waals surface area contributed by atoms with Gasteiger partial charge in [-0.05, 0) is 32.4 Å². The van der Waals surface area contributed by atoms with Gasteiger partial charge in [0.05, 0.1) is 12.5 Å². The van der Waals surface area contributed by atoms with Crippen molar-refractivity contribution in [3.05, 3.63) is 29.6 Å². The second-order valence-corrected chi connectivity index (χ2v) is 3.21. The first-order chi connectivity index (χ1) is 6.65. The summed E-state index contributed by atoms with van der Waals surface area (Å²) in [4.78, 5) is 15.5. The van der Waals surface area contributed by atoms with Gasteiger partial charge in [-0.2, -0.15) is 0 Å². The predicted molar refractivity (Wildman–Crippen MR) is 54.0 cm³/mol. The highest BCUT2D eigenvalue weighted by Gasteiger charge is 2.15. The molecular formula is C11H15NO2. The summed E-state index contributed by atoms with van der Waals surface area (Å²) < 4.78 is 4.92. The van der Waals surface area contributed by atoms with Gasteiger partial charge < -0.3 is 4.74 Å². The number of pyridine rings is 1. The van der Waals surface area contributed by atoms with E-state index >= 15 is 0 Å². The first-order valence-corrected chi connectivity index (χ1v) is 4.74. The van der Waals surface area contributed by atoms with Crippen LogP contribution in [0.15, 0.2) is 18.3 Å². The van der Waals surface area contributed by atoms with E-state index in [1.165, 1.54) is 0 Å². The van der Waals surface area contributed by atoms with Crippen LogP contribution in [0.2, 0.25) is 0 Å². The average molecular weight is 193 g/mol. The Morgan fingerprint density at radius 2 is 2.29 bits per heavy atom. The van der Waals surface area contributed by atoms with Crippen LogP contribution in [-0.4, -0.2) is 17.6 Å². The molecule has 3 nitrogen and oxygen atoms in total. The third-order valence-corrected chi connectivity index (χ3v) is 2.07. The van der Waals surface area contributed by atoms with Crippen LogP contribution < -0.4 is 0 Å². The van der Waals surface area contributed by atoms with Crippen molar-refractivity contribution in [2.75, 3.05) is 6.61 Å². The van der Waals surface area contributed by atoms with Crippen LogP contribution in [0.25, 0.3) is 0 Å². The van der Waals surface area contributed by atoms with Crippen LogP contribution in [0.4, 0.5) is 0 Å². The highest BCUT2D eigenvalue weighted by atomic mass is 16.5. The van der Waals surface area contributed by atoms with Crippen LogP contribution in [0.3, 0.4) is 0 Å². The minimum Gasteiger partial charge on any atom is -0.466 e. The van der Waals surface area contributed by atoms with Gasteiger partial charge in [-0.1, -0.05) is 6.07 Å². The van der Waals surface area contributed by atoms with E-state index in [0.717, 1.165) is 11.3 Å². The SMILES string of the molecule is CCOC(=O)C(C)c1ccc(C)nc1. The summed E-state index contributed by atoms with van der Waals surface area (Å²) in [5.41, 5.74) is 1.85. The average Bonchev–Trinajstić information content (AvgIpc) is 2.18. The first-order valence-electron chi connectivity index (χ1n) is 4.74. The highest BCUT2D eigenvalue weighted by molar-refractivity contribution is 5.77. The standard InChI is InChI=1S/C11H15NO2/c1-4-14-11(13)9(3)10-6-5-8(2)12-7-10/h5-7,9H,4H2,1-3H3. The lowest BCUT2D eigenvalue weighted by molar-refractivity contribution is -0.144. The number of carbonyl (C=O) groups excluding carboxylic acids is 1. The van der Waals surface area contributed by atoms with Crippen LogP contribution in [0, 0.1) is 6.92 Å². The molecule has 3 heteroatoms. The van der Waals surface area contributed by atoms with Gasteiger partial charge in [0.1, 0.15) is 0 Å². The van der Waals surface area contributed by atoms with Crippen LogP contribution in [0.5, 0.6) is 0 Å². The fourth-order valence-electron chi connectivity index (χ4n) is 1.14. The Bertz CT molecular complexity index is 306. The first kappa shape index (κ1) is 10.7. The van der Waals surface area contributed by atoms with Crippen molar-refractivity contribution in [2.45, 2.75) is 26.7 Å². The molecule has 1 atom stereocenters. The van der Waals surface area contributed by atoms with E-state index < -0.39 is 0 Å². The van der Waals surface area contributed by atoms with Crippen LogP contribution >= 0.6 is 0 Å². The molecule has 0 aliphatic rings. The van der Waals surface area contributed by atoms with E-state index in [4.69, 9.17) is 4.74 Å². The monoisotopic (exact) mass is 193 g/mol. The van der Waals surface area contributed by atoms with Crippen molar-refractivity contribution in [1.82, 2.24) is 4.98 Å². The van der Waals surface area contributed by atoms with E-state index in [2.05, 4.69) is 4.98 Å². The Labute approximate surface area is 84.1 Å². The minimum atomic E-state index is -0.233.